The third-order valence-corrected chi connectivity index (χ3v) is 2.82. The van der Waals surface area contributed by atoms with Crippen molar-refractivity contribution in [2.75, 3.05) is 12.8 Å². The minimum Gasteiger partial charge on any atom is -0.497 e. The number of nitrogen functional groups attached to an aromatic ring is 1. The number of rotatable bonds is 4. The maximum atomic E-state index is 11.2. The van der Waals surface area contributed by atoms with Crippen LogP contribution in [0, 0.1) is 0 Å². The molecule has 1 aromatic heterocycles. The summed E-state index contributed by atoms with van der Waals surface area (Å²) < 4.78 is 7.02. The third kappa shape index (κ3) is 2.91. The summed E-state index contributed by atoms with van der Waals surface area (Å²) in [6.07, 6.45) is 4.31. The maximum Gasteiger partial charge on any atom is 0.204 e. The second-order valence-corrected chi connectivity index (χ2v) is 4.10. The molecule has 0 atom stereocenters. The molecule has 0 aliphatic heterocycles. The van der Waals surface area contributed by atoms with E-state index in [1.807, 2.05) is 28.8 Å². The Balaban J connectivity index is 2.01. The minimum atomic E-state index is -0.129. The second-order valence-electron chi connectivity index (χ2n) is 4.10. The highest BCUT2D eigenvalue weighted by molar-refractivity contribution is 5.33. The molecule has 0 radical (unpaired) electrons. The van der Waals surface area contributed by atoms with Gasteiger partial charge in [0.2, 0.25) is 5.43 Å². The van der Waals surface area contributed by atoms with E-state index in [0.29, 0.717) is 0 Å². The molecule has 18 heavy (non-hydrogen) atoms. The predicted octanol–water partition coefficient (Wildman–Crippen LogP) is 1.68. The number of nitrogens with zero attached hydrogens (tertiary/aromatic N) is 1. The maximum absolute atomic E-state index is 11.2. The molecule has 94 valence electrons. The predicted molar refractivity (Wildman–Crippen MR) is 71.8 cm³/mol. The molecule has 1 aromatic carbocycles. The lowest BCUT2D eigenvalue weighted by Gasteiger charge is -2.07. The first-order valence-electron chi connectivity index (χ1n) is 5.77. The average molecular weight is 244 g/mol. The number of aryl methyl sites for hydroxylation is 2. The van der Waals surface area contributed by atoms with Gasteiger partial charge in [-0.25, -0.2) is 0 Å². The van der Waals surface area contributed by atoms with Crippen molar-refractivity contribution in [1.29, 1.82) is 0 Å². The summed E-state index contributed by atoms with van der Waals surface area (Å²) in [5.41, 5.74) is 6.95. The Hall–Kier alpha value is -2.23. The molecule has 2 rings (SSSR count). The van der Waals surface area contributed by atoms with E-state index in [9.17, 15) is 4.79 Å². The van der Waals surface area contributed by atoms with Crippen molar-refractivity contribution in [3.05, 3.63) is 58.5 Å². The van der Waals surface area contributed by atoms with Gasteiger partial charge >= 0.3 is 0 Å². The number of pyridine rings is 1. The van der Waals surface area contributed by atoms with Gasteiger partial charge < -0.3 is 15.0 Å². The summed E-state index contributed by atoms with van der Waals surface area (Å²) in [5, 5.41) is 0. The van der Waals surface area contributed by atoms with E-state index in [2.05, 4.69) is 0 Å². The number of hydrogen-bond acceptors (Lipinski definition) is 3. The number of ether oxygens (including phenoxy) is 1. The zero-order valence-electron chi connectivity index (χ0n) is 10.3. The molecular formula is C14H16N2O2. The summed E-state index contributed by atoms with van der Waals surface area (Å²) in [6, 6.07) is 9.43. The molecule has 2 aromatic rings. The van der Waals surface area contributed by atoms with Crippen LogP contribution in [0.2, 0.25) is 0 Å². The van der Waals surface area contributed by atoms with Gasteiger partial charge in [0.25, 0.3) is 0 Å². The van der Waals surface area contributed by atoms with Crippen molar-refractivity contribution in [2.45, 2.75) is 13.0 Å². The highest BCUT2D eigenvalue weighted by Gasteiger charge is 1.97. The van der Waals surface area contributed by atoms with Crippen LogP contribution in [0.25, 0.3) is 0 Å². The van der Waals surface area contributed by atoms with E-state index >= 15 is 0 Å². The van der Waals surface area contributed by atoms with Gasteiger partial charge in [-0.05, 0) is 24.1 Å². The largest absolute Gasteiger partial charge is 0.497 e. The van der Waals surface area contributed by atoms with Gasteiger partial charge in [-0.15, -0.1) is 0 Å². The number of benzene rings is 1. The van der Waals surface area contributed by atoms with Crippen molar-refractivity contribution >= 4 is 5.69 Å². The van der Waals surface area contributed by atoms with Gasteiger partial charge in [-0.2, -0.15) is 0 Å². The lowest BCUT2D eigenvalue weighted by Crippen LogP contribution is -2.11. The van der Waals surface area contributed by atoms with Gasteiger partial charge in [0.1, 0.15) is 5.75 Å². The lowest BCUT2D eigenvalue weighted by atomic mass is 10.1. The number of methoxy groups -OCH3 is 1. The molecule has 4 nitrogen and oxygen atoms in total. The third-order valence-electron chi connectivity index (χ3n) is 2.82. The van der Waals surface area contributed by atoms with Crippen LogP contribution in [0.3, 0.4) is 0 Å². The molecule has 0 unspecified atom stereocenters. The summed E-state index contributed by atoms with van der Waals surface area (Å²) in [7, 11) is 1.65. The molecule has 4 heteroatoms. The van der Waals surface area contributed by atoms with Gasteiger partial charge in [0.15, 0.2) is 0 Å². The van der Waals surface area contributed by atoms with Crippen LogP contribution in [0.15, 0.2) is 47.5 Å². The molecule has 1 heterocycles. The normalized spacial score (nSPS) is 10.3. The number of anilines is 1. The Labute approximate surface area is 106 Å². The van der Waals surface area contributed by atoms with Crippen LogP contribution >= 0.6 is 0 Å². The molecule has 0 bridgehead atoms. The average Bonchev–Trinajstić information content (AvgIpc) is 2.41. The highest BCUT2D eigenvalue weighted by atomic mass is 16.5. The van der Waals surface area contributed by atoms with E-state index in [1.54, 1.807) is 19.5 Å². The zero-order valence-corrected chi connectivity index (χ0v) is 10.3. The molecular weight excluding hydrogens is 228 g/mol. The first kappa shape index (κ1) is 12.2. The first-order chi connectivity index (χ1) is 8.69. The zero-order chi connectivity index (χ0) is 13.0. The Morgan fingerprint density at radius 3 is 2.56 bits per heavy atom. The Morgan fingerprint density at radius 1 is 1.22 bits per heavy atom. The number of aromatic nitrogens is 1. The van der Waals surface area contributed by atoms with Crippen LogP contribution in [0.1, 0.15) is 5.56 Å². The highest BCUT2D eigenvalue weighted by Crippen LogP contribution is 2.12. The summed E-state index contributed by atoms with van der Waals surface area (Å²) in [6.45, 7) is 0.789. The molecule has 0 saturated heterocycles. The summed E-state index contributed by atoms with van der Waals surface area (Å²) in [5.74, 6) is 0.853. The van der Waals surface area contributed by atoms with E-state index in [-0.39, 0.29) is 11.1 Å². The van der Waals surface area contributed by atoms with E-state index in [0.717, 1.165) is 18.7 Å². The van der Waals surface area contributed by atoms with Gasteiger partial charge in [-0.1, -0.05) is 12.1 Å². The SMILES string of the molecule is COc1ccc(CCn2ccc(=O)c(N)c2)cc1. The fraction of sp³-hybridized carbons (Fsp3) is 0.214. The van der Waals surface area contributed by atoms with E-state index in [1.165, 1.54) is 11.6 Å². The summed E-state index contributed by atoms with van der Waals surface area (Å²) in [4.78, 5) is 11.2. The van der Waals surface area contributed by atoms with Gasteiger partial charge in [-0.3, -0.25) is 4.79 Å². The van der Waals surface area contributed by atoms with Crippen LogP contribution in [-0.4, -0.2) is 11.7 Å². The van der Waals surface area contributed by atoms with Crippen LogP contribution < -0.4 is 15.9 Å². The van der Waals surface area contributed by atoms with Crippen molar-refractivity contribution in [3.63, 3.8) is 0 Å². The monoisotopic (exact) mass is 244 g/mol. The van der Waals surface area contributed by atoms with Crippen molar-refractivity contribution in [2.24, 2.45) is 0 Å². The quantitative estimate of drug-likeness (QED) is 0.890. The molecule has 0 spiro atoms. The molecule has 0 aliphatic rings. The Morgan fingerprint density at radius 2 is 1.94 bits per heavy atom. The second kappa shape index (κ2) is 5.40. The van der Waals surface area contributed by atoms with E-state index in [4.69, 9.17) is 10.5 Å². The first-order valence-corrected chi connectivity index (χ1v) is 5.77. The standard InChI is InChI=1S/C14H16N2O2/c1-18-12-4-2-11(3-5-12)6-8-16-9-7-14(17)13(15)10-16/h2-5,7,9-10H,6,8,15H2,1H3. The fourth-order valence-corrected chi connectivity index (χ4v) is 1.73. The molecule has 0 saturated carbocycles. The van der Waals surface area contributed by atoms with Gasteiger partial charge in [0, 0.05) is 25.0 Å². The smallest absolute Gasteiger partial charge is 0.204 e. The van der Waals surface area contributed by atoms with Crippen LogP contribution in [0.4, 0.5) is 5.69 Å². The van der Waals surface area contributed by atoms with Crippen LogP contribution in [-0.2, 0) is 13.0 Å². The lowest BCUT2D eigenvalue weighted by molar-refractivity contribution is 0.414. The Bertz CT molecular complexity index is 573. The Kier molecular flexibility index (Phi) is 3.67. The number of nitrogens with two attached hydrogens (primary N) is 1. The fourth-order valence-electron chi connectivity index (χ4n) is 1.73. The van der Waals surface area contributed by atoms with E-state index < -0.39 is 0 Å². The molecule has 0 amide bonds. The number of hydrogen-bond donors (Lipinski definition) is 1. The molecule has 0 aliphatic carbocycles. The summed E-state index contributed by atoms with van der Waals surface area (Å²) >= 11 is 0. The van der Waals surface area contributed by atoms with Crippen molar-refractivity contribution < 1.29 is 4.74 Å². The van der Waals surface area contributed by atoms with Crippen molar-refractivity contribution in [1.82, 2.24) is 4.57 Å². The van der Waals surface area contributed by atoms with Crippen LogP contribution in [0.5, 0.6) is 5.75 Å². The topological polar surface area (TPSA) is 57.2 Å². The minimum absolute atomic E-state index is 0.129. The molecule has 2 N–H and O–H groups in total. The van der Waals surface area contributed by atoms with Gasteiger partial charge in [0.05, 0.1) is 12.8 Å². The molecule has 0 fully saturated rings. The van der Waals surface area contributed by atoms with Crippen molar-refractivity contribution in [3.8, 4) is 5.75 Å².